The first-order valence-electron chi connectivity index (χ1n) is 3.17. The first-order chi connectivity index (χ1) is 4.33. The predicted molar refractivity (Wildman–Crippen MR) is 40.4 cm³/mol. The average molecular weight is 145 g/mol. The van der Waals surface area contributed by atoms with Gasteiger partial charge in [-0.05, 0) is 31.5 Å². The fraction of sp³-hybridized carbons (Fsp3) is 0.833. The maximum absolute atomic E-state index is 4.80. The molecule has 1 saturated carbocycles. The molecule has 1 aliphatic carbocycles. The molecule has 0 aliphatic heterocycles. The fourth-order valence-corrected chi connectivity index (χ4v) is 0.945. The van der Waals surface area contributed by atoms with E-state index in [9.17, 15) is 0 Å². The summed E-state index contributed by atoms with van der Waals surface area (Å²) < 4.78 is 4.78. The molecule has 0 saturated heterocycles. The van der Waals surface area contributed by atoms with Crippen molar-refractivity contribution in [2.45, 2.75) is 25.3 Å². The summed E-state index contributed by atoms with van der Waals surface area (Å²) in [6.45, 7) is 0. The van der Waals surface area contributed by atoms with Crippen molar-refractivity contribution < 1.29 is 4.74 Å². The third-order valence-corrected chi connectivity index (χ3v) is 1.90. The lowest BCUT2D eigenvalue weighted by Crippen LogP contribution is -2.39. The van der Waals surface area contributed by atoms with Gasteiger partial charge in [-0.25, -0.2) is 0 Å². The standard InChI is InChI=1S/C6H11NOS/c1-8-6(9)7-5-3-2-4-5/h5H,2-4H2,1H3,(H,7,9). The minimum Gasteiger partial charge on any atom is -0.474 e. The topological polar surface area (TPSA) is 21.3 Å². The lowest BCUT2D eigenvalue weighted by molar-refractivity contribution is 0.332. The van der Waals surface area contributed by atoms with Gasteiger partial charge in [0.25, 0.3) is 5.17 Å². The molecule has 0 aromatic carbocycles. The molecular weight excluding hydrogens is 134 g/mol. The van der Waals surface area contributed by atoms with Crippen LogP contribution in [0.4, 0.5) is 0 Å². The van der Waals surface area contributed by atoms with Crippen molar-refractivity contribution in [3.8, 4) is 0 Å². The summed E-state index contributed by atoms with van der Waals surface area (Å²) in [6, 6.07) is 0.595. The Labute approximate surface area is 60.6 Å². The van der Waals surface area contributed by atoms with E-state index in [-0.39, 0.29) is 0 Å². The number of hydrogen-bond acceptors (Lipinski definition) is 2. The third-order valence-electron chi connectivity index (χ3n) is 1.61. The molecule has 1 aliphatic rings. The van der Waals surface area contributed by atoms with Gasteiger partial charge in [-0.2, -0.15) is 0 Å². The Balaban J connectivity index is 2.09. The number of nitrogens with one attached hydrogen (secondary N) is 1. The fourth-order valence-electron chi connectivity index (χ4n) is 0.778. The minimum absolute atomic E-state index is 0.528. The minimum atomic E-state index is 0.528. The second-order valence-electron chi connectivity index (χ2n) is 2.26. The monoisotopic (exact) mass is 145 g/mol. The average Bonchev–Trinajstić information content (AvgIpc) is 1.78. The van der Waals surface area contributed by atoms with Crippen LogP contribution in [-0.2, 0) is 4.74 Å². The normalized spacial score (nSPS) is 18.3. The van der Waals surface area contributed by atoms with Crippen LogP contribution in [0.15, 0.2) is 0 Å². The van der Waals surface area contributed by atoms with E-state index in [4.69, 9.17) is 17.0 Å². The quantitative estimate of drug-likeness (QED) is 0.557. The van der Waals surface area contributed by atoms with Crippen LogP contribution in [0.3, 0.4) is 0 Å². The molecule has 0 aromatic heterocycles. The van der Waals surface area contributed by atoms with E-state index in [0.29, 0.717) is 11.2 Å². The zero-order valence-corrected chi connectivity index (χ0v) is 6.33. The molecule has 0 amide bonds. The van der Waals surface area contributed by atoms with E-state index in [1.165, 1.54) is 19.3 Å². The van der Waals surface area contributed by atoms with Gasteiger partial charge in [-0.15, -0.1) is 0 Å². The molecule has 1 fully saturated rings. The van der Waals surface area contributed by atoms with Crippen LogP contribution in [0, 0.1) is 0 Å². The number of methoxy groups -OCH3 is 1. The van der Waals surface area contributed by atoms with Crippen LogP contribution in [0.5, 0.6) is 0 Å². The molecular formula is C6H11NOS. The molecule has 0 aromatic rings. The molecule has 0 unspecified atom stereocenters. The van der Waals surface area contributed by atoms with Crippen molar-refractivity contribution in [3.63, 3.8) is 0 Å². The van der Waals surface area contributed by atoms with Crippen LogP contribution >= 0.6 is 12.2 Å². The maximum atomic E-state index is 4.80. The van der Waals surface area contributed by atoms with Crippen LogP contribution in [0.2, 0.25) is 0 Å². The van der Waals surface area contributed by atoms with Gasteiger partial charge in [0.1, 0.15) is 0 Å². The molecule has 9 heavy (non-hydrogen) atoms. The number of ether oxygens (including phenoxy) is 1. The molecule has 0 spiro atoms. The van der Waals surface area contributed by atoms with Gasteiger partial charge >= 0.3 is 0 Å². The molecule has 52 valence electrons. The maximum Gasteiger partial charge on any atom is 0.256 e. The zero-order valence-electron chi connectivity index (χ0n) is 5.52. The molecule has 0 bridgehead atoms. The van der Waals surface area contributed by atoms with Gasteiger partial charge in [0.15, 0.2) is 0 Å². The zero-order chi connectivity index (χ0) is 6.69. The number of thiocarbonyl (C=S) groups is 1. The Morgan fingerprint density at radius 2 is 2.33 bits per heavy atom. The smallest absolute Gasteiger partial charge is 0.256 e. The molecule has 0 heterocycles. The number of hydrogen-bond donors (Lipinski definition) is 1. The van der Waals surface area contributed by atoms with Gasteiger partial charge < -0.3 is 10.1 Å². The second-order valence-corrected chi connectivity index (χ2v) is 2.63. The van der Waals surface area contributed by atoms with Crippen molar-refractivity contribution in [2.75, 3.05) is 7.11 Å². The largest absolute Gasteiger partial charge is 0.474 e. The van der Waals surface area contributed by atoms with Crippen molar-refractivity contribution in [1.29, 1.82) is 0 Å². The van der Waals surface area contributed by atoms with Crippen molar-refractivity contribution in [3.05, 3.63) is 0 Å². The van der Waals surface area contributed by atoms with Gasteiger partial charge in [-0.3, -0.25) is 0 Å². The van der Waals surface area contributed by atoms with E-state index in [1.54, 1.807) is 7.11 Å². The summed E-state index contributed by atoms with van der Waals surface area (Å²) in [6.07, 6.45) is 3.80. The van der Waals surface area contributed by atoms with Crippen LogP contribution < -0.4 is 5.32 Å². The molecule has 0 radical (unpaired) electrons. The Morgan fingerprint density at radius 1 is 1.67 bits per heavy atom. The number of rotatable bonds is 1. The summed E-state index contributed by atoms with van der Waals surface area (Å²) in [7, 11) is 1.59. The van der Waals surface area contributed by atoms with Crippen molar-refractivity contribution >= 4 is 17.4 Å². The van der Waals surface area contributed by atoms with Crippen LogP contribution in [-0.4, -0.2) is 18.3 Å². The third kappa shape index (κ3) is 1.82. The highest BCUT2D eigenvalue weighted by atomic mass is 32.1. The predicted octanol–water partition coefficient (Wildman–Crippen LogP) is 1.06. The van der Waals surface area contributed by atoms with E-state index in [0.717, 1.165) is 0 Å². The van der Waals surface area contributed by atoms with Gasteiger partial charge in [0, 0.05) is 6.04 Å². The van der Waals surface area contributed by atoms with Crippen LogP contribution in [0.25, 0.3) is 0 Å². The first kappa shape index (κ1) is 6.81. The highest BCUT2D eigenvalue weighted by Crippen LogP contribution is 2.17. The Hall–Kier alpha value is -0.310. The highest BCUT2D eigenvalue weighted by molar-refractivity contribution is 7.80. The van der Waals surface area contributed by atoms with Crippen LogP contribution in [0.1, 0.15) is 19.3 Å². The van der Waals surface area contributed by atoms with Crippen molar-refractivity contribution in [1.82, 2.24) is 5.32 Å². The van der Waals surface area contributed by atoms with E-state index < -0.39 is 0 Å². The van der Waals surface area contributed by atoms with Gasteiger partial charge in [0.2, 0.25) is 0 Å². The SMILES string of the molecule is COC(=S)NC1CCC1. The lowest BCUT2D eigenvalue weighted by atomic mass is 9.93. The van der Waals surface area contributed by atoms with Gasteiger partial charge in [0.05, 0.1) is 7.11 Å². The highest BCUT2D eigenvalue weighted by Gasteiger charge is 2.17. The molecule has 1 N–H and O–H groups in total. The summed E-state index contributed by atoms with van der Waals surface area (Å²) in [5.41, 5.74) is 0. The Bertz CT molecular complexity index is 112. The first-order valence-corrected chi connectivity index (χ1v) is 3.58. The van der Waals surface area contributed by atoms with Crippen molar-refractivity contribution in [2.24, 2.45) is 0 Å². The summed E-state index contributed by atoms with van der Waals surface area (Å²) in [4.78, 5) is 0. The van der Waals surface area contributed by atoms with E-state index in [1.807, 2.05) is 0 Å². The summed E-state index contributed by atoms with van der Waals surface area (Å²) in [5, 5.41) is 3.60. The summed E-state index contributed by atoms with van der Waals surface area (Å²) in [5.74, 6) is 0. The Kier molecular flexibility index (Phi) is 2.28. The molecule has 1 rings (SSSR count). The van der Waals surface area contributed by atoms with Gasteiger partial charge in [-0.1, -0.05) is 0 Å². The molecule has 3 heteroatoms. The second kappa shape index (κ2) is 3.01. The lowest BCUT2D eigenvalue weighted by Gasteiger charge is -2.26. The Morgan fingerprint density at radius 3 is 2.67 bits per heavy atom. The van der Waals surface area contributed by atoms with E-state index in [2.05, 4.69) is 5.32 Å². The molecule has 0 atom stereocenters. The van der Waals surface area contributed by atoms with E-state index >= 15 is 0 Å². The molecule has 2 nitrogen and oxygen atoms in total. The summed E-state index contributed by atoms with van der Waals surface area (Å²) >= 11 is 4.80.